The summed E-state index contributed by atoms with van der Waals surface area (Å²) in [6.45, 7) is 2.19. The highest BCUT2D eigenvalue weighted by Gasteiger charge is 2.21. The van der Waals surface area contributed by atoms with Gasteiger partial charge in [0.1, 0.15) is 12.4 Å². The number of quaternary nitrogens is 1. The van der Waals surface area contributed by atoms with E-state index in [0.29, 0.717) is 12.2 Å². The van der Waals surface area contributed by atoms with Gasteiger partial charge in [0.15, 0.2) is 6.54 Å². The first-order valence-electron chi connectivity index (χ1n) is 7.27. The topological polar surface area (TPSA) is 33.5 Å². The summed E-state index contributed by atoms with van der Waals surface area (Å²) in [5.41, 5.74) is 3.20. The van der Waals surface area contributed by atoms with Crippen LogP contribution in [0.5, 0.6) is 0 Å². The van der Waals surface area contributed by atoms with Crippen LogP contribution in [-0.2, 0) is 17.8 Å². The quantitative estimate of drug-likeness (QED) is 0.892. The Morgan fingerprint density at radius 3 is 2.77 bits per heavy atom. The van der Waals surface area contributed by atoms with Gasteiger partial charge in [-0.3, -0.25) is 4.79 Å². The highest BCUT2D eigenvalue weighted by Crippen LogP contribution is 2.19. The Balaban J connectivity index is 1.59. The number of hydrogen-bond acceptors (Lipinski definition) is 1. The van der Waals surface area contributed by atoms with Gasteiger partial charge < -0.3 is 10.2 Å². The average molecular weight is 320 g/mol. The molecule has 0 aromatic heterocycles. The van der Waals surface area contributed by atoms with Crippen LogP contribution in [0.25, 0.3) is 0 Å². The molecule has 22 heavy (non-hydrogen) atoms. The molecule has 0 aliphatic carbocycles. The predicted octanol–water partition coefficient (Wildman–Crippen LogP) is 2.06. The number of hydrogen-bond donors (Lipinski definition) is 2. The van der Waals surface area contributed by atoms with E-state index < -0.39 is 5.82 Å². The summed E-state index contributed by atoms with van der Waals surface area (Å²) < 4.78 is 13.1. The van der Waals surface area contributed by atoms with Crippen molar-refractivity contribution < 1.29 is 14.1 Å². The number of amides is 1. The first-order valence-corrected chi connectivity index (χ1v) is 7.65. The van der Waals surface area contributed by atoms with E-state index in [1.165, 1.54) is 34.2 Å². The molecule has 0 fully saturated rings. The zero-order valence-corrected chi connectivity index (χ0v) is 12.8. The fourth-order valence-electron chi connectivity index (χ4n) is 2.80. The summed E-state index contributed by atoms with van der Waals surface area (Å²) in [5, 5.41) is 2.78. The predicted molar refractivity (Wildman–Crippen MR) is 84.6 cm³/mol. The van der Waals surface area contributed by atoms with Gasteiger partial charge in [-0.05, 0) is 23.8 Å². The van der Waals surface area contributed by atoms with Crippen molar-refractivity contribution in [1.82, 2.24) is 0 Å². The molecule has 0 saturated carbocycles. The third-order valence-electron chi connectivity index (χ3n) is 3.92. The largest absolute Gasteiger partial charge is 0.323 e. The molecule has 1 aliphatic heterocycles. The lowest BCUT2D eigenvalue weighted by Gasteiger charge is -2.25. The number of anilines is 1. The molecule has 0 spiro atoms. The van der Waals surface area contributed by atoms with Crippen LogP contribution in [0.1, 0.15) is 11.1 Å². The SMILES string of the molecule is O=C(C[NH+]1CCc2ccccc2C1)Nc1ccc(F)c(Cl)c1. The Morgan fingerprint density at radius 1 is 1.23 bits per heavy atom. The zero-order chi connectivity index (χ0) is 15.5. The lowest BCUT2D eigenvalue weighted by molar-refractivity contribution is -0.907. The Morgan fingerprint density at radius 2 is 2.00 bits per heavy atom. The number of nitrogens with one attached hydrogen (secondary N) is 2. The van der Waals surface area contributed by atoms with Crippen molar-refractivity contribution >= 4 is 23.2 Å². The second kappa shape index (κ2) is 6.46. The molecule has 2 aromatic carbocycles. The fourth-order valence-corrected chi connectivity index (χ4v) is 2.98. The first-order chi connectivity index (χ1) is 10.6. The van der Waals surface area contributed by atoms with Gasteiger partial charge in [0.05, 0.1) is 11.6 Å². The van der Waals surface area contributed by atoms with E-state index in [1.54, 1.807) is 0 Å². The third kappa shape index (κ3) is 3.46. The van der Waals surface area contributed by atoms with Crippen LogP contribution in [0.15, 0.2) is 42.5 Å². The highest BCUT2D eigenvalue weighted by molar-refractivity contribution is 6.31. The van der Waals surface area contributed by atoms with Gasteiger partial charge >= 0.3 is 0 Å². The van der Waals surface area contributed by atoms with E-state index in [0.717, 1.165) is 19.5 Å². The van der Waals surface area contributed by atoms with Crippen molar-refractivity contribution in [3.63, 3.8) is 0 Å². The van der Waals surface area contributed by atoms with Crippen molar-refractivity contribution in [2.24, 2.45) is 0 Å². The molecule has 1 aliphatic rings. The smallest absolute Gasteiger partial charge is 0.279 e. The third-order valence-corrected chi connectivity index (χ3v) is 4.21. The van der Waals surface area contributed by atoms with E-state index in [4.69, 9.17) is 11.6 Å². The van der Waals surface area contributed by atoms with Crippen molar-refractivity contribution in [2.45, 2.75) is 13.0 Å². The summed E-state index contributed by atoms with van der Waals surface area (Å²) in [4.78, 5) is 13.3. The Kier molecular flexibility index (Phi) is 4.41. The lowest BCUT2D eigenvalue weighted by atomic mass is 10.00. The minimum atomic E-state index is -0.488. The van der Waals surface area contributed by atoms with Crippen LogP contribution in [-0.4, -0.2) is 19.0 Å². The maximum Gasteiger partial charge on any atom is 0.279 e. The zero-order valence-electron chi connectivity index (χ0n) is 12.0. The van der Waals surface area contributed by atoms with Gasteiger partial charge in [0.25, 0.3) is 5.91 Å². The van der Waals surface area contributed by atoms with Crippen molar-refractivity contribution in [1.29, 1.82) is 0 Å². The number of carbonyl (C=O) groups is 1. The van der Waals surface area contributed by atoms with Crippen LogP contribution in [0.2, 0.25) is 5.02 Å². The number of fused-ring (bicyclic) bond motifs is 1. The Bertz CT molecular complexity index is 705. The maximum absolute atomic E-state index is 13.1. The van der Waals surface area contributed by atoms with E-state index in [1.807, 2.05) is 6.07 Å². The number of benzene rings is 2. The lowest BCUT2D eigenvalue weighted by Crippen LogP contribution is -3.12. The monoisotopic (exact) mass is 319 g/mol. The van der Waals surface area contributed by atoms with Crippen molar-refractivity contribution in [2.75, 3.05) is 18.4 Å². The van der Waals surface area contributed by atoms with Crippen molar-refractivity contribution in [3.05, 3.63) is 64.4 Å². The molecule has 1 atom stereocenters. The van der Waals surface area contributed by atoms with Gasteiger partial charge in [0.2, 0.25) is 0 Å². The summed E-state index contributed by atoms with van der Waals surface area (Å²) >= 11 is 5.71. The second-order valence-corrected chi connectivity index (χ2v) is 5.96. The molecular weight excluding hydrogens is 303 g/mol. The number of carbonyl (C=O) groups excluding carboxylic acids is 1. The summed E-state index contributed by atoms with van der Waals surface area (Å²) in [5.74, 6) is -0.574. The van der Waals surface area contributed by atoms with Crippen LogP contribution in [0.3, 0.4) is 0 Å². The summed E-state index contributed by atoms with van der Waals surface area (Å²) in [6, 6.07) is 12.5. The van der Waals surface area contributed by atoms with Gasteiger partial charge in [-0.1, -0.05) is 35.9 Å². The normalized spacial score (nSPS) is 16.9. The molecule has 0 radical (unpaired) electrons. The standard InChI is InChI=1S/C17H16ClFN2O/c18-15-9-14(5-6-16(15)19)20-17(22)11-21-8-7-12-3-1-2-4-13(12)10-21/h1-6,9H,7-8,10-11H2,(H,20,22)/p+1. The minimum absolute atomic E-state index is 0.0112. The summed E-state index contributed by atoms with van der Waals surface area (Å²) in [6.07, 6.45) is 0.987. The Hall–Kier alpha value is -1.91. The Labute approximate surface area is 133 Å². The molecule has 114 valence electrons. The van der Waals surface area contributed by atoms with Crippen LogP contribution < -0.4 is 10.2 Å². The minimum Gasteiger partial charge on any atom is -0.323 e. The van der Waals surface area contributed by atoms with E-state index in [-0.39, 0.29) is 10.9 Å². The second-order valence-electron chi connectivity index (χ2n) is 5.55. The molecule has 3 nitrogen and oxygen atoms in total. The molecular formula is C17H17ClFN2O+. The van der Waals surface area contributed by atoms with E-state index in [2.05, 4.69) is 23.5 Å². The molecule has 5 heteroatoms. The van der Waals surface area contributed by atoms with E-state index >= 15 is 0 Å². The molecule has 1 amide bonds. The maximum atomic E-state index is 13.1. The fraction of sp³-hybridized carbons (Fsp3) is 0.235. The van der Waals surface area contributed by atoms with Gasteiger partial charge in [0, 0.05) is 17.7 Å². The molecule has 0 saturated heterocycles. The van der Waals surface area contributed by atoms with E-state index in [9.17, 15) is 9.18 Å². The van der Waals surface area contributed by atoms with Crippen LogP contribution in [0, 0.1) is 5.82 Å². The van der Waals surface area contributed by atoms with Crippen molar-refractivity contribution in [3.8, 4) is 0 Å². The van der Waals surface area contributed by atoms with Crippen LogP contribution in [0.4, 0.5) is 10.1 Å². The summed E-state index contributed by atoms with van der Waals surface area (Å²) in [7, 11) is 0. The number of halogens is 2. The van der Waals surface area contributed by atoms with Gasteiger partial charge in [-0.25, -0.2) is 4.39 Å². The molecule has 3 rings (SSSR count). The average Bonchev–Trinajstić information content (AvgIpc) is 2.51. The van der Waals surface area contributed by atoms with Crippen LogP contribution >= 0.6 is 11.6 Å². The first kappa shape index (κ1) is 15.0. The molecule has 0 bridgehead atoms. The number of rotatable bonds is 3. The molecule has 1 unspecified atom stereocenters. The van der Waals surface area contributed by atoms with Gasteiger partial charge in [-0.2, -0.15) is 0 Å². The molecule has 1 heterocycles. The molecule has 2 aromatic rings. The van der Waals surface area contributed by atoms with Gasteiger partial charge in [-0.15, -0.1) is 0 Å². The highest BCUT2D eigenvalue weighted by atomic mass is 35.5. The molecule has 2 N–H and O–H groups in total.